The third-order valence-electron chi connectivity index (χ3n) is 3.71. The van der Waals surface area contributed by atoms with Crippen molar-refractivity contribution in [3.05, 3.63) is 28.2 Å². The molecule has 1 fully saturated rings. The van der Waals surface area contributed by atoms with Gasteiger partial charge in [0, 0.05) is 11.4 Å². The zero-order valence-electron chi connectivity index (χ0n) is 10.9. The molecule has 104 valence electrons. The molecular weight excluding hydrogens is 281 g/mol. The average molecular weight is 300 g/mol. The summed E-state index contributed by atoms with van der Waals surface area (Å²) in [5, 5.41) is 3.93. The van der Waals surface area contributed by atoms with E-state index in [1.165, 1.54) is 32.1 Å². The Morgan fingerprint density at radius 2 is 1.95 bits per heavy atom. The van der Waals surface area contributed by atoms with Crippen LogP contribution in [0.3, 0.4) is 0 Å². The SMILES string of the molecule is O=C(CCC1CCCCC1)Nc1cc(Cl)ccc1Cl. The molecule has 0 heterocycles. The van der Waals surface area contributed by atoms with Crippen LogP contribution in [0.4, 0.5) is 5.69 Å². The van der Waals surface area contributed by atoms with Crippen molar-refractivity contribution in [2.45, 2.75) is 44.9 Å². The summed E-state index contributed by atoms with van der Waals surface area (Å²) in [6.07, 6.45) is 8.05. The smallest absolute Gasteiger partial charge is 0.224 e. The van der Waals surface area contributed by atoms with Gasteiger partial charge in [0.05, 0.1) is 10.7 Å². The summed E-state index contributed by atoms with van der Waals surface area (Å²) in [6, 6.07) is 5.09. The van der Waals surface area contributed by atoms with Crippen molar-refractivity contribution in [3.63, 3.8) is 0 Å². The number of rotatable bonds is 4. The number of anilines is 1. The Labute approximate surface area is 124 Å². The van der Waals surface area contributed by atoms with Gasteiger partial charge in [-0.05, 0) is 30.5 Å². The Bertz CT molecular complexity index is 442. The van der Waals surface area contributed by atoms with E-state index in [1.54, 1.807) is 18.2 Å². The molecule has 4 heteroatoms. The summed E-state index contributed by atoms with van der Waals surface area (Å²) in [5.41, 5.74) is 0.600. The highest BCUT2D eigenvalue weighted by molar-refractivity contribution is 6.35. The van der Waals surface area contributed by atoms with E-state index in [4.69, 9.17) is 23.2 Å². The summed E-state index contributed by atoms with van der Waals surface area (Å²) in [4.78, 5) is 11.9. The van der Waals surface area contributed by atoms with Gasteiger partial charge in [-0.3, -0.25) is 4.79 Å². The molecule has 19 heavy (non-hydrogen) atoms. The summed E-state index contributed by atoms with van der Waals surface area (Å²) >= 11 is 11.9. The van der Waals surface area contributed by atoms with Crippen LogP contribution < -0.4 is 5.32 Å². The van der Waals surface area contributed by atoms with E-state index in [2.05, 4.69) is 5.32 Å². The molecule has 1 amide bonds. The van der Waals surface area contributed by atoms with Crippen LogP contribution in [0.2, 0.25) is 10.0 Å². The van der Waals surface area contributed by atoms with E-state index in [9.17, 15) is 4.79 Å². The number of hydrogen-bond donors (Lipinski definition) is 1. The molecule has 0 saturated heterocycles. The van der Waals surface area contributed by atoms with E-state index in [0.717, 1.165) is 6.42 Å². The minimum absolute atomic E-state index is 0.0229. The van der Waals surface area contributed by atoms with Crippen LogP contribution in [0.25, 0.3) is 0 Å². The van der Waals surface area contributed by atoms with Crippen LogP contribution in [-0.2, 0) is 4.79 Å². The molecule has 1 aliphatic carbocycles. The fraction of sp³-hybridized carbons (Fsp3) is 0.533. The zero-order valence-corrected chi connectivity index (χ0v) is 12.4. The quantitative estimate of drug-likeness (QED) is 0.804. The molecule has 1 aromatic carbocycles. The van der Waals surface area contributed by atoms with Crippen molar-refractivity contribution in [1.29, 1.82) is 0 Å². The lowest BCUT2D eigenvalue weighted by molar-refractivity contribution is -0.116. The number of amides is 1. The topological polar surface area (TPSA) is 29.1 Å². The van der Waals surface area contributed by atoms with E-state index >= 15 is 0 Å². The van der Waals surface area contributed by atoms with Gasteiger partial charge >= 0.3 is 0 Å². The lowest BCUT2D eigenvalue weighted by Gasteiger charge is -2.21. The number of halogens is 2. The number of nitrogens with one attached hydrogen (secondary N) is 1. The maximum absolute atomic E-state index is 11.9. The first kappa shape index (κ1) is 14.7. The highest BCUT2D eigenvalue weighted by Gasteiger charge is 2.15. The molecule has 0 radical (unpaired) electrons. The molecule has 2 rings (SSSR count). The fourth-order valence-electron chi connectivity index (χ4n) is 2.62. The van der Waals surface area contributed by atoms with Crippen molar-refractivity contribution in [2.24, 2.45) is 5.92 Å². The number of carbonyl (C=O) groups is 1. The largest absolute Gasteiger partial charge is 0.325 e. The van der Waals surface area contributed by atoms with Crippen molar-refractivity contribution in [1.82, 2.24) is 0 Å². The second kappa shape index (κ2) is 7.16. The Morgan fingerprint density at radius 3 is 2.68 bits per heavy atom. The van der Waals surface area contributed by atoms with Gasteiger partial charge in [0.15, 0.2) is 0 Å². The molecule has 0 aromatic heterocycles. The first-order valence-electron chi connectivity index (χ1n) is 6.90. The van der Waals surface area contributed by atoms with Gasteiger partial charge < -0.3 is 5.32 Å². The Balaban J connectivity index is 1.81. The maximum atomic E-state index is 11.9. The summed E-state index contributed by atoms with van der Waals surface area (Å²) < 4.78 is 0. The normalized spacial score (nSPS) is 16.3. The van der Waals surface area contributed by atoms with Gasteiger partial charge in [-0.1, -0.05) is 55.3 Å². The Hall–Kier alpha value is -0.730. The lowest BCUT2D eigenvalue weighted by Crippen LogP contribution is -2.15. The molecule has 0 unspecified atom stereocenters. The molecule has 0 spiro atoms. The van der Waals surface area contributed by atoms with Gasteiger partial charge in [-0.2, -0.15) is 0 Å². The Kier molecular flexibility index (Phi) is 5.53. The van der Waals surface area contributed by atoms with Crippen LogP contribution >= 0.6 is 23.2 Å². The van der Waals surface area contributed by atoms with E-state index in [0.29, 0.717) is 28.1 Å². The van der Waals surface area contributed by atoms with Crippen molar-refractivity contribution in [2.75, 3.05) is 5.32 Å². The third-order valence-corrected chi connectivity index (χ3v) is 4.27. The van der Waals surface area contributed by atoms with Crippen LogP contribution in [0.15, 0.2) is 18.2 Å². The monoisotopic (exact) mass is 299 g/mol. The van der Waals surface area contributed by atoms with Crippen molar-refractivity contribution >= 4 is 34.8 Å². The van der Waals surface area contributed by atoms with Gasteiger partial charge in [-0.15, -0.1) is 0 Å². The van der Waals surface area contributed by atoms with E-state index < -0.39 is 0 Å². The molecule has 2 nitrogen and oxygen atoms in total. The fourth-order valence-corrected chi connectivity index (χ4v) is 2.95. The van der Waals surface area contributed by atoms with Gasteiger partial charge in [0.2, 0.25) is 5.91 Å². The van der Waals surface area contributed by atoms with Crippen LogP contribution in [-0.4, -0.2) is 5.91 Å². The van der Waals surface area contributed by atoms with Crippen LogP contribution in [0, 0.1) is 5.92 Å². The number of benzene rings is 1. The van der Waals surface area contributed by atoms with Gasteiger partial charge in [0.25, 0.3) is 0 Å². The highest BCUT2D eigenvalue weighted by atomic mass is 35.5. The first-order chi connectivity index (χ1) is 9.15. The minimum atomic E-state index is 0.0229. The maximum Gasteiger partial charge on any atom is 0.224 e. The Morgan fingerprint density at radius 1 is 1.21 bits per heavy atom. The minimum Gasteiger partial charge on any atom is -0.325 e. The van der Waals surface area contributed by atoms with Gasteiger partial charge in [0.1, 0.15) is 0 Å². The second-order valence-electron chi connectivity index (χ2n) is 5.22. The molecular formula is C15H19Cl2NO. The predicted octanol–water partition coefficient (Wildman–Crippen LogP) is 5.29. The molecule has 1 aliphatic rings. The van der Waals surface area contributed by atoms with Crippen LogP contribution in [0.1, 0.15) is 44.9 Å². The van der Waals surface area contributed by atoms with Crippen molar-refractivity contribution < 1.29 is 4.79 Å². The predicted molar refractivity (Wildman–Crippen MR) is 80.9 cm³/mol. The highest BCUT2D eigenvalue weighted by Crippen LogP contribution is 2.28. The molecule has 1 aromatic rings. The number of hydrogen-bond acceptors (Lipinski definition) is 1. The molecule has 1 saturated carbocycles. The molecule has 1 N–H and O–H groups in total. The number of carbonyl (C=O) groups excluding carboxylic acids is 1. The van der Waals surface area contributed by atoms with Gasteiger partial charge in [-0.25, -0.2) is 0 Å². The summed E-state index contributed by atoms with van der Waals surface area (Å²) in [6.45, 7) is 0. The standard InChI is InChI=1S/C15H19Cl2NO/c16-12-7-8-13(17)14(10-12)18-15(19)9-6-11-4-2-1-3-5-11/h7-8,10-11H,1-6,9H2,(H,18,19). The summed E-state index contributed by atoms with van der Waals surface area (Å²) in [7, 11) is 0. The van der Waals surface area contributed by atoms with E-state index in [-0.39, 0.29) is 5.91 Å². The van der Waals surface area contributed by atoms with Crippen molar-refractivity contribution in [3.8, 4) is 0 Å². The second-order valence-corrected chi connectivity index (χ2v) is 6.06. The van der Waals surface area contributed by atoms with Crippen LogP contribution in [0.5, 0.6) is 0 Å². The first-order valence-corrected chi connectivity index (χ1v) is 7.65. The third kappa shape index (κ3) is 4.70. The van der Waals surface area contributed by atoms with E-state index in [1.807, 2.05) is 0 Å². The average Bonchev–Trinajstić information content (AvgIpc) is 2.42. The summed E-state index contributed by atoms with van der Waals surface area (Å²) in [5.74, 6) is 0.740. The lowest BCUT2D eigenvalue weighted by atomic mass is 9.86. The zero-order chi connectivity index (χ0) is 13.7. The molecule has 0 bridgehead atoms. The molecule has 0 atom stereocenters. The molecule has 0 aliphatic heterocycles.